The molecule has 2 heterocycles. The Balaban J connectivity index is 1.14. The first-order valence-corrected chi connectivity index (χ1v) is 14.9. The molecule has 1 aromatic heterocycles. The van der Waals surface area contributed by atoms with Crippen LogP contribution in [0.3, 0.4) is 0 Å². The number of aryl methyl sites for hydroxylation is 1. The van der Waals surface area contributed by atoms with Crippen LogP contribution in [0.1, 0.15) is 28.7 Å². The lowest BCUT2D eigenvalue weighted by atomic mass is 9.92. The van der Waals surface area contributed by atoms with Gasteiger partial charge < -0.3 is 10.1 Å². The molecule has 6 heteroatoms. The number of hydrogen-bond donors (Lipinski definition) is 1. The van der Waals surface area contributed by atoms with Crippen LogP contribution in [-0.4, -0.2) is 60.8 Å². The maximum absolute atomic E-state index is 12.9. The molecule has 0 amide bonds. The van der Waals surface area contributed by atoms with E-state index < -0.39 is 0 Å². The van der Waals surface area contributed by atoms with Gasteiger partial charge in [-0.05, 0) is 58.0 Å². The highest BCUT2D eigenvalue weighted by atomic mass is 16.5. The molecule has 1 fully saturated rings. The number of carbonyl (C=O) groups is 2. The van der Waals surface area contributed by atoms with Crippen LogP contribution in [0.4, 0.5) is 0 Å². The average Bonchev–Trinajstić information content (AvgIpc) is 3.02. The molecule has 3 aromatic carbocycles. The van der Waals surface area contributed by atoms with Gasteiger partial charge in [-0.15, -0.1) is 0 Å². The third-order valence-electron chi connectivity index (χ3n) is 7.70. The second kappa shape index (κ2) is 15.2. The van der Waals surface area contributed by atoms with Gasteiger partial charge in [-0.1, -0.05) is 66.7 Å². The number of aromatic nitrogens is 1. The summed E-state index contributed by atoms with van der Waals surface area (Å²) >= 11 is 0. The molecule has 0 saturated carbocycles. The zero-order chi connectivity index (χ0) is 29.0. The van der Waals surface area contributed by atoms with E-state index in [-0.39, 0.29) is 11.6 Å². The molecule has 1 aliphatic heterocycles. The molecule has 0 atom stereocenters. The molecule has 0 aliphatic carbocycles. The van der Waals surface area contributed by atoms with Crippen molar-refractivity contribution in [3.8, 4) is 16.9 Å². The van der Waals surface area contributed by atoms with Crippen LogP contribution in [0.2, 0.25) is 0 Å². The second-order valence-electron chi connectivity index (χ2n) is 10.9. The van der Waals surface area contributed by atoms with Crippen molar-refractivity contribution in [1.82, 2.24) is 15.2 Å². The first kappa shape index (κ1) is 29.4. The molecule has 1 saturated heterocycles. The summed E-state index contributed by atoms with van der Waals surface area (Å²) < 4.78 is 6.09. The quantitative estimate of drug-likeness (QED) is 0.230. The van der Waals surface area contributed by atoms with Gasteiger partial charge in [0.2, 0.25) is 0 Å². The van der Waals surface area contributed by atoms with Gasteiger partial charge >= 0.3 is 0 Å². The molecule has 42 heavy (non-hydrogen) atoms. The Morgan fingerprint density at radius 3 is 2.19 bits per heavy atom. The van der Waals surface area contributed by atoms with Crippen molar-refractivity contribution in [2.75, 3.05) is 39.3 Å². The second-order valence-corrected chi connectivity index (χ2v) is 10.9. The molecule has 6 nitrogen and oxygen atoms in total. The molecule has 4 aromatic rings. The minimum absolute atomic E-state index is 0.218. The van der Waals surface area contributed by atoms with Crippen molar-refractivity contribution in [2.24, 2.45) is 0 Å². The number of piperazine rings is 1. The Bertz CT molecular complexity index is 1450. The molecule has 0 radical (unpaired) electrons. The Labute approximate surface area is 248 Å². The predicted molar refractivity (Wildman–Crippen MR) is 167 cm³/mol. The Morgan fingerprint density at radius 1 is 0.738 bits per heavy atom. The van der Waals surface area contributed by atoms with Crippen molar-refractivity contribution in [1.29, 1.82) is 0 Å². The fourth-order valence-electron chi connectivity index (χ4n) is 5.45. The minimum Gasteiger partial charge on any atom is -0.493 e. The standard InChI is InChI=1S/C36H39N3O3/c40-32(14-11-29-6-5-18-38-26-29)24-28-12-15-34(16-13-28)42-23-17-30-7-1-3-9-35(30)36-10-4-2-8-31(36)25-33(41)27-39-21-19-37-20-22-39/h1-10,12-13,15-16,18,26,37H,11,14,17,19-25,27H2. The summed E-state index contributed by atoms with van der Waals surface area (Å²) in [5, 5.41) is 3.34. The van der Waals surface area contributed by atoms with E-state index >= 15 is 0 Å². The predicted octanol–water partition coefficient (Wildman–Crippen LogP) is 5.13. The van der Waals surface area contributed by atoms with Gasteiger partial charge in [-0.3, -0.25) is 19.5 Å². The fourth-order valence-corrected chi connectivity index (χ4v) is 5.45. The van der Waals surface area contributed by atoms with Gasteiger partial charge in [0, 0.05) is 64.3 Å². The SMILES string of the molecule is O=C(CCc1cccnc1)Cc1ccc(OCCc2ccccc2-c2ccccc2CC(=O)CN2CCNCC2)cc1. The van der Waals surface area contributed by atoms with Crippen molar-refractivity contribution < 1.29 is 14.3 Å². The first-order valence-electron chi connectivity index (χ1n) is 14.9. The maximum atomic E-state index is 12.9. The lowest BCUT2D eigenvalue weighted by Gasteiger charge is -2.26. The van der Waals surface area contributed by atoms with E-state index in [1.165, 1.54) is 5.56 Å². The van der Waals surface area contributed by atoms with Crippen molar-refractivity contribution in [3.05, 3.63) is 120 Å². The normalized spacial score (nSPS) is 13.5. The summed E-state index contributed by atoms with van der Waals surface area (Å²) in [4.78, 5) is 31.7. The maximum Gasteiger partial charge on any atom is 0.151 e. The van der Waals surface area contributed by atoms with Crippen LogP contribution < -0.4 is 10.1 Å². The van der Waals surface area contributed by atoms with Crippen molar-refractivity contribution in [2.45, 2.75) is 32.1 Å². The summed E-state index contributed by atoms with van der Waals surface area (Å²) in [6.07, 6.45) is 6.38. The highest BCUT2D eigenvalue weighted by Gasteiger charge is 2.16. The van der Waals surface area contributed by atoms with E-state index in [4.69, 9.17) is 4.74 Å². The van der Waals surface area contributed by atoms with Gasteiger partial charge in [-0.25, -0.2) is 0 Å². The van der Waals surface area contributed by atoms with E-state index in [0.29, 0.717) is 38.8 Å². The van der Waals surface area contributed by atoms with Crippen LogP contribution in [0, 0.1) is 0 Å². The number of Topliss-reactive ketones (excluding diaryl/α,β-unsaturated/α-hetero) is 2. The molecule has 0 bridgehead atoms. The first-order chi connectivity index (χ1) is 20.6. The number of nitrogens with zero attached hydrogens (tertiary/aromatic N) is 2. The van der Waals surface area contributed by atoms with Crippen LogP contribution in [0.5, 0.6) is 5.75 Å². The van der Waals surface area contributed by atoms with Gasteiger partial charge in [0.05, 0.1) is 13.2 Å². The summed E-state index contributed by atoms with van der Waals surface area (Å²) in [5.41, 5.74) is 6.59. The lowest BCUT2D eigenvalue weighted by Crippen LogP contribution is -2.45. The third-order valence-corrected chi connectivity index (χ3v) is 7.70. The van der Waals surface area contributed by atoms with Gasteiger partial charge in [0.15, 0.2) is 5.78 Å². The highest BCUT2D eigenvalue weighted by Crippen LogP contribution is 2.28. The highest BCUT2D eigenvalue weighted by molar-refractivity contribution is 5.85. The number of ether oxygens (including phenoxy) is 1. The summed E-state index contributed by atoms with van der Waals surface area (Å²) in [6.45, 7) is 4.76. The average molecular weight is 562 g/mol. The molecule has 216 valence electrons. The third kappa shape index (κ3) is 8.68. The molecule has 5 rings (SSSR count). The van der Waals surface area contributed by atoms with E-state index in [1.54, 1.807) is 6.20 Å². The van der Waals surface area contributed by atoms with Crippen LogP contribution in [-0.2, 0) is 35.3 Å². The largest absolute Gasteiger partial charge is 0.493 e. The summed E-state index contributed by atoms with van der Waals surface area (Å²) in [6, 6.07) is 28.3. The van der Waals surface area contributed by atoms with Gasteiger partial charge in [-0.2, -0.15) is 0 Å². The Morgan fingerprint density at radius 2 is 1.45 bits per heavy atom. The fraction of sp³-hybridized carbons (Fsp3) is 0.306. The van der Waals surface area contributed by atoms with E-state index in [2.05, 4.69) is 51.6 Å². The number of pyridine rings is 1. The smallest absolute Gasteiger partial charge is 0.151 e. The topological polar surface area (TPSA) is 71.5 Å². The van der Waals surface area contributed by atoms with E-state index in [9.17, 15) is 9.59 Å². The van der Waals surface area contributed by atoms with Crippen LogP contribution >= 0.6 is 0 Å². The molecular weight excluding hydrogens is 522 g/mol. The Hall–Kier alpha value is -4.13. The molecule has 1 aliphatic rings. The molecule has 0 spiro atoms. The Kier molecular flexibility index (Phi) is 10.6. The number of hydrogen-bond acceptors (Lipinski definition) is 6. The zero-order valence-corrected chi connectivity index (χ0v) is 24.1. The van der Waals surface area contributed by atoms with E-state index in [1.807, 2.05) is 54.7 Å². The number of nitrogens with one attached hydrogen (secondary N) is 1. The van der Waals surface area contributed by atoms with Crippen LogP contribution in [0.15, 0.2) is 97.3 Å². The van der Waals surface area contributed by atoms with Gasteiger partial charge in [0.1, 0.15) is 11.5 Å². The van der Waals surface area contributed by atoms with Gasteiger partial charge in [0.25, 0.3) is 0 Å². The number of benzene rings is 3. The molecule has 0 unspecified atom stereocenters. The number of carbonyl (C=O) groups excluding carboxylic acids is 2. The van der Waals surface area contributed by atoms with Crippen molar-refractivity contribution in [3.63, 3.8) is 0 Å². The molecular formula is C36H39N3O3. The number of rotatable bonds is 14. The number of ketones is 2. The lowest BCUT2D eigenvalue weighted by molar-refractivity contribution is -0.120. The minimum atomic E-state index is 0.218. The zero-order valence-electron chi connectivity index (χ0n) is 24.1. The summed E-state index contributed by atoms with van der Waals surface area (Å²) in [7, 11) is 0. The monoisotopic (exact) mass is 561 g/mol. The van der Waals surface area contributed by atoms with E-state index in [0.717, 1.165) is 66.2 Å². The van der Waals surface area contributed by atoms with Crippen molar-refractivity contribution >= 4 is 11.6 Å². The van der Waals surface area contributed by atoms with Crippen LogP contribution in [0.25, 0.3) is 11.1 Å². The summed E-state index contributed by atoms with van der Waals surface area (Å²) in [5.74, 6) is 1.26. The molecule has 1 N–H and O–H groups in total.